The lowest BCUT2D eigenvalue weighted by atomic mass is 10.0. The van der Waals surface area contributed by atoms with Crippen molar-refractivity contribution in [3.63, 3.8) is 0 Å². The van der Waals surface area contributed by atoms with Gasteiger partial charge in [-0.3, -0.25) is 13.9 Å². The molecule has 1 unspecified atom stereocenters. The van der Waals surface area contributed by atoms with Gasteiger partial charge in [-0.25, -0.2) is 12.8 Å². The fourth-order valence-corrected chi connectivity index (χ4v) is 6.29. The van der Waals surface area contributed by atoms with Crippen LogP contribution >= 0.6 is 0 Å². The third-order valence-electron chi connectivity index (χ3n) is 7.19. The Labute approximate surface area is 264 Å². The van der Waals surface area contributed by atoms with Crippen molar-refractivity contribution in [2.24, 2.45) is 0 Å². The fourth-order valence-electron chi connectivity index (χ4n) is 4.88. The highest BCUT2D eigenvalue weighted by Crippen LogP contribution is 2.26. The zero-order valence-corrected chi connectivity index (χ0v) is 26.6. The molecule has 4 aromatic carbocycles. The van der Waals surface area contributed by atoms with Gasteiger partial charge < -0.3 is 15.0 Å². The molecule has 0 fully saturated rings. The second-order valence-corrected chi connectivity index (χ2v) is 12.9. The number of hydrogen-bond donors (Lipinski definition) is 1. The summed E-state index contributed by atoms with van der Waals surface area (Å²) in [5.74, 6) is -0.972. The van der Waals surface area contributed by atoms with Crippen LogP contribution < -0.4 is 14.4 Å². The van der Waals surface area contributed by atoms with Crippen molar-refractivity contribution in [1.82, 2.24) is 10.2 Å². The molecule has 0 heterocycles. The summed E-state index contributed by atoms with van der Waals surface area (Å²) in [6, 6.07) is 26.5. The number of nitrogens with zero attached hydrogens (tertiary/aromatic N) is 2. The van der Waals surface area contributed by atoms with Gasteiger partial charge in [-0.15, -0.1) is 0 Å². The van der Waals surface area contributed by atoms with Crippen molar-refractivity contribution in [3.8, 4) is 5.75 Å². The van der Waals surface area contributed by atoms with Crippen LogP contribution in [0.4, 0.5) is 10.1 Å². The normalized spacial score (nSPS) is 12.0. The number of amides is 2. The highest BCUT2D eigenvalue weighted by Gasteiger charge is 2.35. The Morgan fingerprint density at radius 1 is 0.867 bits per heavy atom. The maximum absolute atomic E-state index is 14.5. The molecule has 0 radical (unpaired) electrons. The van der Waals surface area contributed by atoms with Gasteiger partial charge in [0.15, 0.2) is 0 Å². The van der Waals surface area contributed by atoms with E-state index in [0.29, 0.717) is 11.3 Å². The van der Waals surface area contributed by atoms with Crippen molar-refractivity contribution < 1.29 is 27.1 Å². The number of hydrogen-bond acceptors (Lipinski definition) is 5. The first-order valence-electron chi connectivity index (χ1n) is 14.6. The molecule has 2 amide bonds. The van der Waals surface area contributed by atoms with E-state index in [2.05, 4.69) is 5.32 Å². The highest BCUT2D eigenvalue weighted by atomic mass is 32.2. The topological polar surface area (TPSA) is 96.0 Å². The summed E-state index contributed by atoms with van der Waals surface area (Å²) in [7, 11) is -2.78. The van der Waals surface area contributed by atoms with E-state index in [1.807, 2.05) is 57.2 Å². The van der Waals surface area contributed by atoms with E-state index in [1.165, 1.54) is 24.1 Å². The van der Waals surface area contributed by atoms with E-state index in [4.69, 9.17) is 4.74 Å². The highest BCUT2D eigenvalue weighted by molar-refractivity contribution is 7.92. The molecule has 1 atom stereocenters. The van der Waals surface area contributed by atoms with Crippen molar-refractivity contribution in [2.45, 2.75) is 50.7 Å². The van der Waals surface area contributed by atoms with Crippen LogP contribution in [0.2, 0.25) is 0 Å². The number of nitrogens with one attached hydrogen (secondary N) is 1. The molecule has 1 N–H and O–H groups in total. The molecule has 0 aromatic heterocycles. The van der Waals surface area contributed by atoms with Crippen LogP contribution in [0.25, 0.3) is 0 Å². The van der Waals surface area contributed by atoms with Crippen molar-refractivity contribution in [3.05, 3.63) is 126 Å². The van der Waals surface area contributed by atoms with Gasteiger partial charge in [0.2, 0.25) is 11.8 Å². The van der Waals surface area contributed by atoms with E-state index in [0.717, 1.165) is 27.6 Å². The van der Waals surface area contributed by atoms with Gasteiger partial charge in [0.25, 0.3) is 10.0 Å². The summed E-state index contributed by atoms with van der Waals surface area (Å²) in [6.07, 6.45) is 0.199. The maximum Gasteiger partial charge on any atom is 0.264 e. The van der Waals surface area contributed by atoms with Gasteiger partial charge in [0.05, 0.1) is 17.7 Å². The number of carbonyl (C=O) groups is 2. The average Bonchev–Trinajstić information content (AvgIpc) is 3.02. The van der Waals surface area contributed by atoms with Crippen LogP contribution in [0.1, 0.15) is 30.5 Å². The maximum atomic E-state index is 14.5. The predicted molar refractivity (Wildman–Crippen MR) is 173 cm³/mol. The number of methoxy groups -OCH3 is 1. The van der Waals surface area contributed by atoms with Gasteiger partial charge in [-0.05, 0) is 80.4 Å². The first-order chi connectivity index (χ1) is 21.5. The Bertz CT molecular complexity index is 1700. The minimum absolute atomic E-state index is 0.0113. The standard InChI is InChI=1S/C35H38FN3O5S/c1-25(2)37-35(41)33(22-27-9-6-5-7-10-27)38(23-28-11-8-12-31(21-28)44-4)34(40)24-39(30-17-13-26(3)14-18-30)45(42,43)32-19-15-29(36)16-20-32/h5-21,25,33H,22-24H2,1-4H3,(H,37,41). The molecule has 0 saturated heterocycles. The van der Waals surface area contributed by atoms with Gasteiger partial charge >= 0.3 is 0 Å². The number of sulfonamides is 1. The lowest BCUT2D eigenvalue weighted by molar-refractivity contribution is -0.140. The van der Waals surface area contributed by atoms with E-state index < -0.39 is 34.3 Å². The molecule has 0 aliphatic carbocycles. The molecule has 10 heteroatoms. The van der Waals surface area contributed by atoms with Gasteiger partial charge in [-0.1, -0.05) is 60.2 Å². The number of benzene rings is 4. The largest absolute Gasteiger partial charge is 0.497 e. The molecule has 4 rings (SSSR count). The second-order valence-electron chi connectivity index (χ2n) is 11.0. The summed E-state index contributed by atoms with van der Waals surface area (Å²) in [6.45, 7) is 4.94. The van der Waals surface area contributed by atoms with Gasteiger partial charge in [0, 0.05) is 19.0 Å². The van der Waals surface area contributed by atoms with Crippen LogP contribution in [0.15, 0.2) is 108 Å². The first-order valence-corrected chi connectivity index (χ1v) is 16.0. The first kappa shape index (κ1) is 33.2. The third kappa shape index (κ3) is 8.69. The summed E-state index contributed by atoms with van der Waals surface area (Å²) < 4.78 is 48.1. The Morgan fingerprint density at radius 3 is 2.13 bits per heavy atom. The minimum atomic E-state index is -4.32. The average molecular weight is 632 g/mol. The predicted octanol–water partition coefficient (Wildman–Crippen LogP) is 5.50. The van der Waals surface area contributed by atoms with E-state index >= 15 is 0 Å². The van der Waals surface area contributed by atoms with Crippen molar-refractivity contribution in [1.29, 1.82) is 0 Å². The Hall–Kier alpha value is -4.70. The van der Waals surface area contributed by atoms with E-state index in [-0.39, 0.29) is 35.5 Å². The molecule has 0 aliphatic rings. The van der Waals surface area contributed by atoms with E-state index in [1.54, 1.807) is 42.5 Å². The molecule has 45 heavy (non-hydrogen) atoms. The number of aryl methyl sites for hydroxylation is 1. The molecule has 0 spiro atoms. The number of halogens is 1. The summed E-state index contributed by atoms with van der Waals surface area (Å²) >= 11 is 0. The number of rotatable bonds is 13. The summed E-state index contributed by atoms with van der Waals surface area (Å²) in [4.78, 5) is 29.5. The van der Waals surface area contributed by atoms with E-state index in [9.17, 15) is 22.4 Å². The third-order valence-corrected chi connectivity index (χ3v) is 8.98. The van der Waals surface area contributed by atoms with Crippen LogP contribution in [0.3, 0.4) is 0 Å². The Kier molecular flexibility index (Phi) is 11.0. The zero-order valence-electron chi connectivity index (χ0n) is 25.8. The molecule has 4 aromatic rings. The monoisotopic (exact) mass is 631 g/mol. The molecule has 236 valence electrons. The Morgan fingerprint density at radius 2 is 1.51 bits per heavy atom. The lowest BCUT2D eigenvalue weighted by Gasteiger charge is -2.34. The summed E-state index contributed by atoms with van der Waals surface area (Å²) in [5, 5.41) is 2.93. The Balaban J connectivity index is 1.81. The number of carbonyl (C=O) groups excluding carboxylic acids is 2. The van der Waals surface area contributed by atoms with Crippen molar-refractivity contribution in [2.75, 3.05) is 18.0 Å². The van der Waals surface area contributed by atoms with Gasteiger partial charge in [0.1, 0.15) is 24.2 Å². The smallest absolute Gasteiger partial charge is 0.264 e. The van der Waals surface area contributed by atoms with Crippen molar-refractivity contribution >= 4 is 27.5 Å². The van der Waals surface area contributed by atoms with Crippen LogP contribution in [-0.4, -0.2) is 50.9 Å². The lowest BCUT2D eigenvalue weighted by Crippen LogP contribution is -2.54. The second kappa shape index (κ2) is 14.9. The molecular formula is C35H38FN3O5S. The molecule has 8 nitrogen and oxygen atoms in total. The van der Waals surface area contributed by atoms with Crippen LogP contribution in [0, 0.1) is 12.7 Å². The zero-order chi connectivity index (χ0) is 32.6. The number of anilines is 1. The molecule has 0 aliphatic heterocycles. The summed E-state index contributed by atoms with van der Waals surface area (Å²) in [5.41, 5.74) is 2.68. The fraction of sp³-hybridized carbons (Fsp3) is 0.257. The quantitative estimate of drug-likeness (QED) is 0.210. The van der Waals surface area contributed by atoms with Crippen LogP contribution in [0.5, 0.6) is 5.75 Å². The van der Waals surface area contributed by atoms with Gasteiger partial charge in [-0.2, -0.15) is 0 Å². The van der Waals surface area contributed by atoms with Crippen LogP contribution in [-0.2, 0) is 32.6 Å². The molecular weight excluding hydrogens is 593 g/mol. The SMILES string of the molecule is COc1cccc(CN(C(=O)CN(c2ccc(C)cc2)S(=O)(=O)c2ccc(F)cc2)C(Cc2ccccc2)C(=O)NC(C)C)c1. The number of ether oxygens (including phenoxy) is 1. The molecule has 0 saturated carbocycles. The minimum Gasteiger partial charge on any atom is -0.497 e. The molecule has 0 bridgehead atoms.